The molecule has 1 aromatic carbocycles. The number of carbonyl (C=O) groups excluding carboxylic acids is 2. The molecule has 2 rings (SSSR count). The minimum absolute atomic E-state index is 0.183. The summed E-state index contributed by atoms with van der Waals surface area (Å²) >= 11 is 0. The molecule has 0 bridgehead atoms. The second-order valence-corrected chi connectivity index (χ2v) is 9.52. The molecule has 0 aromatic heterocycles. The predicted molar refractivity (Wildman–Crippen MR) is 97.1 cm³/mol. The highest BCUT2D eigenvalue weighted by Gasteiger charge is 2.44. The molecule has 1 unspecified atom stereocenters. The second kappa shape index (κ2) is 6.74. The van der Waals surface area contributed by atoms with Crippen LogP contribution in [0.3, 0.4) is 0 Å². The van der Waals surface area contributed by atoms with Crippen LogP contribution in [0.25, 0.3) is 0 Å². The summed E-state index contributed by atoms with van der Waals surface area (Å²) in [5, 5.41) is 10.3. The molecule has 0 fully saturated rings. The number of carbonyl (C=O) groups is 2. The van der Waals surface area contributed by atoms with Crippen molar-refractivity contribution in [2.24, 2.45) is 5.41 Å². The SMILES string of the molecule is CC(C)OP(=O)(C1=C(O)C(=O)C(C(C)(C)C)=CC1=O)c1ccccc1. The Morgan fingerprint density at radius 3 is 2.12 bits per heavy atom. The van der Waals surface area contributed by atoms with E-state index in [4.69, 9.17) is 4.52 Å². The molecule has 1 N–H and O–H groups in total. The lowest BCUT2D eigenvalue weighted by Gasteiger charge is -2.28. The van der Waals surface area contributed by atoms with Gasteiger partial charge in [-0.25, -0.2) is 0 Å². The highest BCUT2D eigenvalue weighted by atomic mass is 31.2. The van der Waals surface area contributed by atoms with Crippen molar-refractivity contribution in [2.75, 3.05) is 0 Å². The van der Waals surface area contributed by atoms with Crippen LogP contribution in [-0.2, 0) is 18.7 Å². The molecule has 5 nitrogen and oxygen atoms in total. The third-order valence-electron chi connectivity index (χ3n) is 3.75. The van der Waals surface area contributed by atoms with E-state index < -0.39 is 41.5 Å². The molecule has 0 saturated carbocycles. The minimum atomic E-state index is -3.92. The van der Waals surface area contributed by atoms with Crippen LogP contribution < -0.4 is 5.30 Å². The highest BCUT2D eigenvalue weighted by molar-refractivity contribution is 7.72. The zero-order valence-corrected chi connectivity index (χ0v) is 16.0. The van der Waals surface area contributed by atoms with Crippen molar-refractivity contribution in [2.45, 2.75) is 40.7 Å². The zero-order chi connectivity index (χ0) is 19.0. The Balaban J connectivity index is 2.67. The molecule has 1 aromatic rings. The first-order chi connectivity index (χ1) is 11.5. The molecule has 1 aliphatic rings. The summed E-state index contributed by atoms with van der Waals surface area (Å²) < 4.78 is 19.3. The van der Waals surface area contributed by atoms with E-state index in [2.05, 4.69) is 0 Å². The lowest BCUT2D eigenvalue weighted by atomic mass is 9.81. The van der Waals surface area contributed by atoms with E-state index in [9.17, 15) is 19.3 Å². The fraction of sp³-hybridized carbons (Fsp3) is 0.368. The number of rotatable bonds is 4. The van der Waals surface area contributed by atoms with Crippen molar-refractivity contribution in [3.05, 3.63) is 53.1 Å². The predicted octanol–water partition coefficient (Wildman–Crippen LogP) is 3.91. The van der Waals surface area contributed by atoms with Crippen molar-refractivity contribution >= 4 is 24.2 Å². The van der Waals surface area contributed by atoms with Gasteiger partial charge in [-0.1, -0.05) is 39.0 Å². The van der Waals surface area contributed by atoms with E-state index in [1.807, 2.05) is 0 Å². The largest absolute Gasteiger partial charge is 0.503 e. The van der Waals surface area contributed by atoms with Crippen LogP contribution in [-0.4, -0.2) is 22.8 Å². The van der Waals surface area contributed by atoms with Gasteiger partial charge in [0.25, 0.3) is 7.37 Å². The van der Waals surface area contributed by atoms with Gasteiger partial charge in [0.2, 0.25) is 5.78 Å². The lowest BCUT2D eigenvalue weighted by molar-refractivity contribution is -0.118. The Kier molecular flexibility index (Phi) is 5.22. The molecular weight excluding hydrogens is 339 g/mol. The van der Waals surface area contributed by atoms with Crippen LogP contribution in [0.2, 0.25) is 0 Å². The van der Waals surface area contributed by atoms with Gasteiger partial charge >= 0.3 is 0 Å². The van der Waals surface area contributed by atoms with Crippen LogP contribution >= 0.6 is 7.37 Å². The van der Waals surface area contributed by atoms with E-state index in [0.717, 1.165) is 6.08 Å². The smallest absolute Gasteiger partial charge is 0.269 e. The topological polar surface area (TPSA) is 80.7 Å². The summed E-state index contributed by atoms with van der Waals surface area (Å²) in [6.45, 7) is 8.66. The maximum absolute atomic E-state index is 13.7. The van der Waals surface area contributed by atoms with Gasteiger partial charge < -0.3 is 9.63 Å². The number of ketones is 2. The molecule has 134 valence electrons. The van der Waals surface area contributed by atoms with Gasteiger partial charge in [-0.2, -0.15) is 0 Å². The van der Waals surface area contributed by atoms with Crippen LogP contribution in [0.1, 0.15) is 34.6 Å². The maximum Gasteiger partial charge on any atom is 0.269 e. The van der Waals surface area contributed by atoms with Gasteiger partial charge in [0.15, 0.2) is 11.5 Å². The van der Waals surface area contributed by atoms with E-state index in [1.165, 1.54) is 0 Å². The zero-order valence-electron chi connectivity index (χ0n) is 15.1. The van der Waals surface area contributed by atoms with Gasteiger partial charge in [0.1, 0.15) is 5.31 Å². The lowest BCUT2D eigenvalue weighted by Crippen LogP contribution is -2.29. The summed E-state index contributed by atoms with van der Waals surface area (Å²) in [4.78, 5) is 25.3. The van der Waals surface area contributed by atoms with Crippen molar-refractivity contribution in [1.29, 1.82) is 0 Å². The Morgan fingerprint density at radius 2 is 1.64 bits per heavy atom. The van der Waals surface area contributed by atoms with Crippen molar-refractivity contribution in [3.8, 4) is 0 Å². The molecule has 0 aliphatic heterocycles. The molecule has 0 radical (unpaired) electrons. The van der Waals surface area contributed by atoms with Crippen molar-refractivity contribution in [3.63, 3.8) is 0 Å². The molecule has 25 heavy (non-hydrogen) atoms. The number of aliphatic hydroxyl groups excluding tert-OH is 1. The first-order valence-corrected chi connectivity index (χ1v) is 9.70. The maximum atomic E-state index is 13.7. The third-order valence-corrected chi connectivity index (χ3v) is 6.47. The Labute approximate surface area is 147 Å². The third kappa shape index (κ3) is 3.68. The van der Waals surface area contributed by atoms with Crippen LogP contribution in [0.4, 0.5) is 0 Å². The van der Waals surface area contributed by atoms with Gasteiger partial charge in [-0.05, 0) is 37.5 Å². The first-order valence-electron chi connectivity index (χ1n) is 8.07. The number of hydrogen-bond acceptors (Lipinski definition) is 5. The monoisotopic (exact) mass is 362 g/mol. The second-order valence-electron chi connectivity index (χ2n) is 7.24. The van der Waals surface area contributed by atoms with Gasteiger partial charge in [-0.15, -0.1) is 0 Å². The number of allylic oxidation sites excluding steroid dienone is 3. The quantitative estimate of drug-likeness (QED) is 0.649. The Morgan fingerprint density at radius 1 is 1.08 bits per heavy atom. The molecule has 0 saturated heterocycles. The van der Waals surface area contributed by atoms with Gasteiger partial charge in [0.05, 0.1) is 6.10 Å². The average Bonchev–Trinajstić information content (AvgIpc) is 2.50. The molecule has 6 heteroatoms. The fourth-order valence-electron chi connectivity index (χ4n) is 2.62. The van der Waals surface area contributed by atoms with E-state index in [0.29, 0.717) is 0 Å². The molecule has 0 amide bonds. The standard InChI is InChI=1S/C19H23O5P/c1-12(2)24-25(23,13-9-7-6-8-10-13)18-15(20)11-14(19(3,4)5)16(21)17(18)22/h6-12,22H,1-5H3. The van der Waals surface area contributed by atoms with Crippen LogP contribution in [0, 0.1) is 5.41 Å². The van der Waals surface area contributed by atoms with E-state index in [1.54, 1.807) is 65.0 Å². The summed E-state index contributed by atoms with van der Waals surface area (Å²) in [5.74, 6) is -2.13. The van der Waals surface area contributed by atoms with E-state index in [-0.39, 0.29) is 10.9 Å². The highest BCUT2D eigenvalue weighted by Crippen LogP contribution is 2.57. The average molecular weight is 362 g/mol. The molecule has 0 spiro atoms. The number of aliphatic hydroxyl groups is 1. The van der Waals surface area contributed by atoms with Crippen molar-refractivity contribution in [1.82, 2.24) is 0 Å². The normalized spacial score (nSPS) is 18.4. The molecule has 1 aliphatic carbocycles. The summed E-state index contributed by atoms with van der Waals surface area (Å²) in [7, 11) is -3.92. The molecule has 1 atom stereocenters. The van der Waals surface area contributed by atoms with Crippen LogP contribution in [0.15, 0.2) is 53.1 Å². The van der Waals surface area contributed by atoms with Crippen molar-refractivity contribution < 1.29 is 23.8 Å². The number of Topliss-reactive ketones (excluding diaryl/α,β-unsaturated/α-hetero) is 1. The molecule has 0 heterocycles. The summed E-state index contributed by atoms with van der Waals surface area (Å²) in [5.41, 5.74) is -0.440. The fourth-order valence-corrected chi connectivity index (χ4v) is 5.00. The van der Waals surface area contributed by atoms with Crippen LogP contribution in [0.5, 0.6) is 0 Å². The van der Waals surface area contributed by atoms with Gasteiger partial charge in [0, 0.05) is 10.9 Å². The minimum Gasteiger partial charge on any atom is -0.503 e. The Hall–Kier alpha value is -1.97. The van der Waals surface area contributed by atoms with Gasteiger partial charge in [-0.3, -0.25) is 14.2 Å². The first kappa shape index (κ1) is 19.4. The van der Waals surface area contributed by atoms with E-state index >= 15 is 0 Å². The number of benzene rings is 1. The summed E-state index contributed by atoms with van der Waals surface area (Å²) in [6, 6.07) is 8.18. The number of hydrogen-bond donors (Lipinski definition) is 1. The summed E-state index contributed by atoms with van der Waals surface area (Å²) in [6.07, 6.45) is 0.693. The molecular formula is C19H23O5P. The Bertz CT molecular complexity index is 810.